The molecule has 0 aliphatic rings. The van der Waals surface area contributed by atoms with E-state index in [1.165, 1.54) is 11.4 Å². The van der Waals surface area contributed by atoms with Gasteiger partial charge in [-0.25, -0.2) is 13.2 Å². The molecule has 0 spiro atoms. The maximum Gasteiger partial charge on any atom is 0.339 e. The maximum absolute atomic E-state index is 12.4. The Hall–Kier alpha value is -3.56. The summed E-state index contributed by atoms with van der Waals surface area (Å²) in [6.07, 6.45) is 1.13. The van der Waals surface area contributed by atoms with Crippen LogP contribution in [0.3, 0.4) is 0 Å². The topological polar surface area (TPSA) is 102 Å². The fourth-order valence-corrected chi connectivity index (χ4v) is 4.09. The van der Waals surface area contributed by atoms with Gasteiger partial charge in [-0.3, -0.25) is 9.10 Å². The molecule has 0 radical (unpaired) electrons. The normalized spacial score (nSPS) is 10.9. The van der Waals surface area contributed by atoms with Gasteiger partial charge >= 0.3 is 5.97 Å². The smallest absolute Gasteiger partial charge is 0.339 e. The highest BCUT2D eigenvalue weighted by molar-refractivity contribution is 7.92. The first kappa shape index (κ1) is 25.1. The van der Waals surface area contributed by atoms with Crippen LogP contribution in [0.25, 0.3) is 0 Å². The number of nitrogens with one attached hydrogen (secondary N) is 1. The van der Waals surface area contributed by atoms with Crippen molar-refractivity contribution in [2.24, 2.45) is 0 Å². The highest BCUT2D eigenvalue weighted by atomic mass is 35.5. The van der Waals surface area contributed by atoms with Gasteiger partial charge in [0.25, 0.3) is 5.91 Å². The first-order valence-electron chi connectivity index (χ1n) is 10.1. The minimum Gasteiger partial charge on any atom is -0.484 e. The average Bonchev–Trinajstić information content (AvgIpc) is 2.82. The van der Waals surface area contributed by atoms with Gasteiger partial charge in [0, 0.05) is 5.02 Å². The van der Waals surface area contributed by atoms with Gasteiger partial charge in [0.05, 0.1) is 36.8 Å². The molecule has 0 aromatic heterocycles. The quantitative estimate of drug-likeness (QED) is 0.442. The van der Waals surface area contributed by atoms with Gasteiger partial charge in [-0.2, -0.15) is 0 Å². The molecule has 10 heteroatoms. The Morgan fingerprint density at radius 3 is 2.24 bits per heavy atom. The molecular formula is C24H23ClN2O6S. The van der Waals surface area contributed by atoms with Crippen LogP contribution in [0.5, 0.6) is 5.75 Å². The van der Waals surface area contributed by atoms with Gasteiger partial charge in [-0.15, -0.1) is 0 Å². The number of anilines is 2. The number of methoxy groups -OCH3 is 1. The predicted octanol–water partition coefficient (Wildman–Crippen LogP) is 4.11. The Morgan fingerprint density at radius 1 is 0.971 bits per heavy atom. The van der Waals surface area contributed by atoms with Crippen LogP contribution in [-0.4, -0.2) is 40.3 Å². The number of hydrogen-bond donors (Lipinski definition) is 1. The van der Waals surface area contributed by atoms with Crippen molar-refractivity contribution < 1.29 is 27.5 Å². The minimum absolute atomic E-state index is 0.137. The van der Waals surface area contributed by atoms with E-state index in [-0.39, 0.29) is 18.7 Å². The van der Waals surface area contributed by atoms with E-state index in [1.54, 1.807) is 72.8 Å². The lowest BCUT2D eigenvalue weighted by Gasteiger charge is -2.23. The summed E-state index contributed by atoms with van der Waals surface area (Å²) in [6.45, 7) is -0.173. The number of esters is 1. The first-order chi connectivity index (χ1) is 16.2. The molecule has 1 amide bonds. The minimum atomic E-state index is -3.56. The van der Waals surface area contributed by atoms with Crippen molar-refractivity contribution in [2.75, 3.05) is 29.6 Å². The molecular weight excluding hydrogens is 480 g/mol. The van der Waals surface area contributed by atoms with Crippen LogP contribution in [0.15, 0.2) is 72.8 Å². The summed E-state index contributed by atoms with van der Waals surface area (Å²) in [5.74, 6) is -0.664. The van der Waals surface area contributed by atoms with Gasteiger partial charge in [-0.1, -0.05) is 35.9 Å². The zero-order valence-electron chi connectivity index (χ0n) is 18.5. The van der Waals surface area contributed by atoms with Crippen molar-refractivity contribution in [1.29, 1.82) is 0 Å². The summed E-state index contributed by atoms with van der Waals surface area (Å²) >= 11 is 5.90. The van der Waals surface area contributed by atoms with E-state index in [4.69, 9.17) is 21.1 Å². The molecule has 0 atom stereocenters. The van der Waals surface area contributed by atoms with E-state index in [0.29, 0.717) is 22.1 Å². The van der Waals surface area contributed by atoms with E-state index in [9.17, 15) is 18.0 Å². The van der Waals surface area contributed by atoms with Crippen LogP contribution in [0.2, 0.25) is 5.02 Å². The molecule has 0 aliphatic carbocycles. The second-order valence-corrected chi connectivity index (χ2v) is 9.61. The molecule has 0 saturated carbocycles. The second-order valence-electron chi connectivity index (χ2n) is 7.26. The number of para-hydroxylation sites is 1. The van der Waals surface area contributed by atoms with Crippen LogP contribution in [0.4, 0.5) is 11.4 Å². The molecule has 0 bridgehead atoms. The lowest BCUT2D eigenvalue weighted by molar-refractivity contribution is -0.118. The van der Waals surface area contributed by atoms with Crippen LogP contribution in [0, 0.1) is 0 Å². The van der Waals surface area contributed by atoms with Crippen molar-refractivity contribution in [3.8, 4) is 5.75 Å². The van der Waals surface area contributed by atoms with Crippen LogP contribution < -0.4 is 14.4 Å². The standard InChI is InChI=1S/C24H23ClN2O6S/c1-32-24(29)21-5-3-4-6-22(21)26-23(28)16-33-20-13-11-19(12-14-20)27(34(2,30)31)15-17-7-9-18(25)10-8-17/h3-14H,15-16H2,1-2H3,(H,26,28). The Morgan fingerprint density at radius 2 is 1.62 bits per heavy atom. The average molecular weight is 503 g/mol. The number of sulfonamides is 1. The highest BCUT2D eigenvalue weighted by Gasteiger charge is 2.18. The fraction of sp³-hybridized carbons (Fsp3) is 0.167. The molecule has 0 fully saturated rings. The zero-order chi connectivity index (χ0) is 24.7. The molecule has 0 unspecified atom stereocenters. The van der Waals surface area contributed by atoms with E-state index >= 15 is 0 Å². The lowest BCUT2D eigenvalue weighted by Crippen LogP contribution is -2.29. The zero-order valence-corrected chi connectivity index (χ0v) is 20.1. The molecule has 3 rings (SSSR count). The summed E-state index contributed by atoms with van der Waals surface area (Å²) in [5.41, 5.74) is 1.76. The fourth-order valence-electron chi connectivity index (χ4n) is 3.08. The third-order valence-electron chi connectivity index (χ3n) is 4.74. The van der Waals surface area contributed by atoms with Gasteiger partial charge in [-0.05, 0) is 54.1 Å². The molecule has 3 aromatic rings. The summed E-state index contributed by atoms with van der Waals surface area (Å²) in [7, 11) is -2.30. The van der Waals surface area contributed by atoms with Crippen molar-refractivity contribution in [1.82, 2.24) is 0 Å². The summed E-state index contributed by atoms with van der Waals surface area (Å²) in [6, 6.07) is 19.7. The monoisotopic (exact) mass is 502 g/mol. The number of ether oxygens (including phenoxy) is 2. The van der Waals surface area contributed by atoms with E-state index in [2.05, 4.69) is 5.32 Å². The molecule has 0 heterocycles. The van der Waals surface area contributed by atoms with Crippen molar-refractivity contribution in [2.45, 2.75) is 6.54 Å². The molecule has 8 nitrogen and oxygen atoms in total. The van der Waals surface area contributed by atoms with Gasteiger partial charge in [0.1, 0.15) is 5.75 Å². The second kappa shape index (κ2) is 11.0. The van der Waals surface area contributed by atoms with Gasteiger partial charge in [0.2, 0.25) is 10.0 Å². The van der Waals surface area contributed by atoms with E-state index in [1.807, 2.05) is 0 Å². The SMILES string of the molecule is COC(=O)c1ccccc1NC(=O)COc1ccc(N(Cc2ccc(Cl)cc2)S(C)(=O)=O)cc1. The third kappa shape index (κ3) is 6.72. The number of carbonyl (C=O) groups excluding carboxylic acids is 2. The number of nitrogens with zero attached hydrogens (tertiary/aromatic N) is 1. The first-order valence-corrected chi connectivity index (χ1v) is 12.3. The Kier molecular flexibility index (Phi) is 8.14. The van der Waals surface area contributed by atoms with Gasteiger partial charge in [0.15, 0.2) is 6.61 Å². The number of rotatable bonds is 9. The molecule has 178 valence electrons. The molecule has 0 saturated heterocycles. The summed E-state index contributed by atoms with van der Waals surface area (Å²) in [4.78, 5) is 24.1. The Balaban J connectivity index is 1.65. The molecule has 1 N–H and O–H groups in total. The number of amides is 1. The van der Waals surface area contributed by atoms with Crippen molar-refractivity contribution in [3.05, 3.63) is 88.9 Å². The maximum atomic E-state index is 12.4. The van der Waals surface area contributed by atoms with E-state index in [0.717, 1.165) is 11.8 Å². The van der Waals surface area contributed by atoms with E-state index < -0.39 is 21.9 Å². The molecule has 34 heavy (non-hydrogen) atoms. The number of benzene rings is 3. The van der Waals surface area contributed by atoms with Crippen LogP contribution >= 0.6 is 11.6 Å². The van der Waals surface area contributed by atoms with Gasteiger partial charge < -0.3 is 14.8 Å². The number of halogens is 1. The molecule has 3 aromatic carbocycles. The molecule has 0 aliphatic heterocycles. The summed E-state index contributed by atoms with van der Waals surface area (Å²) in [5, 5.41) is 3.18. The third-order valence-corrected chi connectivity index (χ3v) is 6.13. The van der Waals surface area contributed by atoms with Crippen LogP contribution in [-0.2, 0) is 26.1 Å². The predicted molar refractivity (Wildman–Crippen MR) is 131 cm³/mol. The van der Waals surface area contributed by atoms with Crippen molar-refractivity contribution >= 4 is 44.9 Å². The highest BCUT2D eigenvalue weighted by Crippen LogP contribution is 2.24. The lowest BCUT2D eigenvalue weighted by atomic mass is 10.2. The van der Waals surface area contributed by atoms with Crippen molar-refractivity contribution in [3.63, 3.8) is 0 Å². The Labute approximate surface area is 203 Å². The largest absolute Gasteiger partial charge is 0.484 e. The van der Waals surface area contributed by atoms with Crippen LogP contribution in [0.1, 0.15) is 15.9 Å². The number of carbonyl (C=O) groups is 2. The summed E-state index contributed by atoms with van der Waals surface area (Å²) < 4.78 is 36.2. The Bertz CT molecular complexity index is 1260. The number of hydrogen-bond acceptors (Lipinski definition) is 6.